The first kappa shape index (κ1) is 49.3. The lowest BCUT2D eigenvalue weighted by Crippen LogP contribution is -2.01. The second kappa shape index (κ2) is 18.0. The lowest BCUT2D eigenvalue weighted by molar-refractivity contribution is 0.871. The molecule has 0 saturated heterocycles. The van der Waals surface area contributed by atoms with Crippen LogP contribution in [0, 0.1) is 0 Å². The van der Waals surface area contributed by atoms with E-state index in [9.17, 15) is 0 Å². The van der Waals surface area contributed by atoms with Crippen LogP contribution in [0.15, 0.2) is 279 Å². The van der Waals surface area contributed by atoms with Crippen LogP contribution in [0.4, 0.5) is 0 Å². The van der Waals surface area contributed by atoms with E-state index in [4.69, 9.17) is 0 Å². The van der Waals surface area contributed by atoms with Crippen LogP contribution in [-0.2, 0) is 20.6 Å². The maximum atomic E-state index is 2.61. The van der Waals surface area contributed by atoms with Crippen molar-refractivity contribution in [3.05, 3.63) is 285 Å². The zero-order valence-corrected chi connectivity index (χ0v) is 50.1. The molecule has 0 fully saturated rings. The van der Waals surface area contributed by atoms with Gasteiger partial charge in [-0.05, 0) is 152 Å². The molecule has 0 N–H and O–H groups in total. The number of nitrogens with zero attached hydrogens (tertiary/aromatic N) is 4. The molecule has 0 aliphatic carbocycles. The summed E-state index contributed by atoms with van der Waals surface area (Å²) >= 11 is 0. The number of benzene rings is 17. The third-order valence-electron chi connectivity index (χ3n) is 21.1. The molecule has 4 heterocycles. The smallest absolute Gasteiger partial charge is 0.0580 e. The fourth-order valence-electron chi connectivity index (χ4n) is 17.3. The summed E-state index contributed by atoms with van der Waals surface area (Å²) in [5.41, 5.74) is 14.6. The summed E-state index contributed by atoms with van der Waals surface area (Å²) in [6.07, 6.45) is 0. The van der Waals surface area contributed by atoms with Crippen molar-refractivity contribution >= 4 is 184 Å². The Bertz CT molecular complexity index is 6860. The topological polar surface area (TPSA) is 19.7 Å². The van der Waals surface area contributed by atoms with E-state index >= 15 is 0 Å². The van der Waals surface area contributed by atoms with Crippen molar-refractivity contribution in [2.75, 3.05) is 0 Å². The SMILES string of the molecule is Cn1c2ccccc2c2c3ccc4c(c3ccc21)c1ccc(-c2ccc3c5ccccc5c5c(c3c2)c2ccccc2c2c5c3ccccc3n2C)cc1n4-c1ccc(Cn2c3ccc4ccccc4c3c3c4ccc5ccccc5c4c4ccccc4c32)cc1. The van der Waals surface area contributed by atoms with Gasteiger partial charge < -0.3 is 18.3 Å². The number of fused-ring (bicyclic) bond motifs is 34. The van der Waals surface area contributed by atoms with Gasteiger partial charge in [0.25, 0.3) is 0 Å². The lowest BCUT2D eigenvalue weighted by Gasteiger charge is -2.16. The van der Waals surface area contributed by atoms with Crippen molar-refractivity contribution in [1.82, 2.24) is 18.3 Å². The molecule has 4 heteroatoms. The standard InChI is InChI=1S/C87H54N4/c1-88-72-29-15-13-27-67(72)79-63-43-46-76-80(64(63)42-45-74(79)88)69-40-35-54(53-34-39-59-58-21-7-8-22-60(58)83-81(71(59)47-53)62-24-10-11-25-65(62)86-84(83)68-28-14-16-30-73(68)89(86)2)48-77(69)91(76)55-37-31-50(32-38-55)49-90-75-44-36-52-18-4-6-20-57(52)82(75)85-70-41-33-51-17-3-5-19-56(51)78(70)61-23-9-12-26-66(61)87(85)90/h3-48H,49H2,1-2H3. The van der Waals surface area contributed by atoms with Crippen molar-refractivity contribution in [3.63, 3.8) is 0 Å². The van der Waals surface area contributed by atoms with Crippen LogP contribution in [0.5, 0.6) is 0 Å². The van der Waals surface area contributed by atoms with E-state index in [1.54, 1.807) is 0 Å². The molecule has 0 radical (unpaired) electrons. The van der Waals surface area contributed by atoms with Gasteiger partial charge >= 0.3 is 0 Å². The Morgan fingerprint density at radius 3 is 1.40 bits per heavy atom. The molecule has 0 saturated carbocycles. The van der Waals surface area contributed by atoms with E-state index in [2.05, 4.69) is 311 Å². The van der Waals surface area contributed by atoms with Crippen LogP contribution >= 0.6 is 0 Å². The Hall–Kier alpha value is -11.7. The highest BCUT2D eigenvalue weighted by molar-refractivity contribution is 6.43. The Labute approximate surface area is 521 Å². The van der Waals surface area contributed by atoms with Crippen molar-refractivity contribution in [1.29, 1.82) is 0 Å². The van der Waals surface area contributed by atoms with Crippen molar-refractivity contribution in [3.8, 4) is 16.8 Å². The average molecular weight is 1160 g/mol. The molecule has 91 heavy (non-hydrogen) atoms. The molecule has 4 nitrogen and oxygen atoms in total. The highest BCUT2D eigenvalue weighted by Crippen LogP contribution is 2.50. The minimum atomic E-state index is 0.706. The molecule has 21 aromatic rings. The third-order valence-corrected chi connectivity index (χ3v) is 21.1. The first-order chi connectivity index (χ1) is 45.0. The van der Waals surface area contributed by atoms with Gasteiger partial charge in [-0.25, -0.2) is 0 Å². The molecule has 0 spiro atoms. The maximum Gasteiger partial charge on any atom is 0.0580 e. The molecule has 0 amide bonds. The van der Waals surface area contributed by atoms with Crippen molar-refractivity contribution < 1.29 is 0 Å². The number of rotatable bonds is 4. The molecule has 21 rings (SSSR count). The average Bonchev–Trinajstić information content (AvgIpc) is 1.69. The number of hydrogen-bond acceptors (Lipinski definition) is 0. The summed E-state index contributed by atoms with van der Waals surface area (Å²) < 4.78 is 9.91. The van der Waals surface area contributed by atoms with Gasteiger partial charge in [-0.2, -0.15) is 0 Å². The normalized spacial score (nSPS) is 12.5. The lowest BCUT2D eigenvalue weighted by atomic mass is 9.87. The van der Waals surface area contributed by atoms with Gasteiger partial charge in [0.1, 0.15) is 0 Å². The van der Waals surface area contributed by atoms with Crippen LogP contribution in [0.2, 0.25) is 0 Å². The van der Waals surface area contributed by atoms with Crippen LogP contribution < -0.4 is 0 Å². The fourth-order valence-corrected chi connectivity index (χ4v) is 17.3. The first-order valence-corrected chi connectivity index (χ1v) is 31.8. The number of aryl methyl sites for hydroxylation is 2. The van der Waals surface area contributed by atoms with E-state index in [1.165, 1.54) is 201 Å². The quantitative estimate of drug-likeness (QED) is 0.157. The highest BCUT2D eigenvalue weighted by atomic mass is 15.0. The minimum Gasteiger partial charge on any atom is -0.344 e. The zero-order chi connectivity index (χ0) is 59.5. The molecule has 0 unspecified atom stereocenters. The summed E-state index contributed by atoms with van der Waals surface area (Å²) in [7, 11) is 4.44. The summed E-state index contributed by atoms with van der Waals surface area (Å²) in [5, 5.41) is 33.4. The molecule has 0 bridgehead atoms. The number of para-hydroxylation sites is 2. The van der Waals surface area contributed by atoms with E-state index in [1.807, 2.05) is 0 Å². The Morgan fingerprint density at radius 2 is 0.681 bits per heavy atom. The monoisotopic (exact) mass is 1150 g/mol. The van der Waals surface area contributed by atoms with E-state index < -0.39 is 0 Å². The Kier molecular flexibility index (Phi) is 9.73. The summed E-state index contributed by atoms with van der Waals surface area (Å²) in [5.74, 6) is 0. The minimum absolute atomic E-state index is 0.706. The molecule has 0 aliphatic rings. The second-order valence-electron chi connectivity index (χ2n) is 25.5. The van der Waals surface area contributed by atoms with Crippen molar-refractivity contribution in [2.45, 2.75) is 6.54 Å². The molecule has 0 atom stereocenters. The highest BCUT2D eigenvalue weighted by Gasteiger charge is 2.25. The summed E-state index contributed by atoms with van der Waals surface area (Å²) in [6.45, 7) is 0.706. The van der Waals surface area contributed by atoms with Crippen LogP contribution in [-0.4, -0.2) is 18.3 Å². The fraction of sp³-hybridized carbons (Fsp3) is 0.0345. The molecule has 4 aromatic heterocycles. The van der Waals surface area contributed by atoms with Gasteiger partial charge in [-0.3, -0.25) is 0 Å². The third kappa shape index (κ3) is 6.47. The Morgan fingerprint density at radius 1 is 0.231 bits per heavy atom. The predicted octanol–water partition coefficient (Wildman–Crippen LogP) is 23.3. The summed E-state index contributed by atoms with van der Waals surface area (Å²) in [6, 6.07) is 106. The zero-order valence-electron chi connectivity index (χ0n) is 50.1. The predicted molar refractivity (Wildman–Crippen MR) is 390 cm³/mol. The van der Waals surface area contributed by atoms with E-state index in [0.29, 0.717) is 6.54 Å². The van der Waals surface area contributed by atoms with Crippen LogP contribution in [0.3, 0.4) is 0 Å². The van der Waals surface area contributed by atoms with Gasteiger partial charge in [0.2, 0.25) is 0 Å². The molecular weight excluding hydrogens is 1100 g/mol. The van der Waals surface area contributed by atoms with Gasteiger partial charge in [0, 0.05) is 102 Å². The molecule has 17 aromatic carbocycles. The summed E-state index contributed by atoms with van der Waals surface area (Å²) in [4.78, 5) is 0. The first-order valence-electron chi connectivity index (χ1n) is 31.8. The van der Waals surface area contributed by atoms with Gasteiger partial charge in [0.15, 0.2) is 0 Å². The largest absolute Gasteiger partial charge is 0.344 e. The molecular formula is C87H54N4. The van der Waals surface area contributed by atoms with Crippen LogP contribution in [0.25, 0.3) is 201 Å². The van der Waals surface area contributed by atoms with Gasteiger partial charge in [0.05, 0.1) is 27.6 Å². The van der Waals surface area contributed by atoms with Gasteiger partial charge in [-0.15, -0.1) is 0 Å². The molecule has 422 valence electrons. The maximum absolute atomic E-state index is 2.61. The van der Waals surface area contributed by atoms with Gasteiger partial charge in [-0.1, -0.05) is 224 Å². The Balaban J connectivity index is 0.797. The van der Waals surface area contributed by atoms with E-state index in [0.717, 1.165) is 5.69 Å². The molecule has 0 aliphatic heterocycles. The number of aromatic nitrogens is 4. The van der Waals surface area contributed by atoms with Crippen LogP contribution in [0.1, 0.15) is 5.56 Å². The van der Waals surface area contributed by atoms with Crippen molar-refractivity contribution in [2.24, 2.45) is 14.1 Å². The second-order valence-corrected chi connectivity index (χ2v) is 25.5. The van der Waals surface area contributed by atoms with E-state index in [-0.39, 0.29) is 0 Å². The number of hydrogen-bond donors (Lipinski definition) is 0.